The van der Waals surface area contributed by atoms with Crippen LogP contribution >= 0.6 is 0 Å². The Morgan fingerprint density at radius 3 is 2.42 bits per heavy atom. The number of ketones is 1. The van der Waals surface area contributed by atoms with Crippen LogP contribution in [0.15, 0.2) is 72.3 Å². The SMILES string of the molecule is O=C1C(=O)N(c2ccc(N3CCCC3)cc2)C(c2cccc(O)c2)/C1=C(/O)c1ccc2c(c1)CCO2. The van der Waals surface area contributed by atoms with Crippen LogP contribution in [0, 0.1) is 0 Å². The molecule has 3 aliphatic rings. The van der Waals surface area contributed by atoms with Crippen LogP contribution in [-0.2, 0) is 16.0 Å². The van der Waals surface area contributed by atoms with Crippen molar-refractivity contribution in [3.63, 3.8) is 0 Å². The quantitative estimate of drug-likeness (QED) is 0.322. The molecule has 1 unspecified atom stereocenters. The number of anilines is 2. The van der Waals surface area contributed by atoms with Gasteiger partial charge in [0.1, 0.15) is 17.3 Å². The first-order valence-corrected chi connectivity index (χ1v) is 12.2. The van der Waals surface area contributed by atoms with Crippen molar-refractivity contribution in [2.75, 3.05) is 29.5 Å². The molecule has 3 aliphatic heterocycles. The summed E-state index contributed by atoms with van der Waals surface area (Å²) in [5.41, 5.74) is 3.54. The van der Waals surface area contributed by atoms with Crippen LogP contribution in [0.5, 0.6) is 11.5 Å². The van der Waals surface area contributed by atoms with E-state index in [1.807, 2.05) is 24.3 Å². The van der Waals surface area contributed by atoms with Crippen molar-refractivity contribution in [1.29, 1.82) is 0 Å². The first-order valence-electron chi connectivity index (χ1n) is 12.2. The number of carbonyl (C=O) groups excluding carboxylic acids is 2. The van der Waals surface area contributed by atoms with Crippen molar-refractivity contribution < 1.29 is 24.5 Å². The van der Waals surface area contributed by atoms with E-state index in [-0.39, 0.29) is 17.1 Å². The fourth-order valence-electron chi connectivity index (χ4n) is 5.40. The number of carbonyl (C=O) groups is 2. The van der Waals surface area contributed by atoms with E-state index in [9.17, 15) is 19.8 Å². The predicted molar refractivity (Wildman–Crippen MR) is 136 cm³/mol. The van der Waals surface area contributed by atoms with Gasteiger partial charge < -0.3 is 19.8 Å². The average molecular weight is 483 g/mol. The zero-order valence-corrected chi connectivity index (χ0v) is 19.7. The summed E-state index contributed by atoms with van der Waals surface area (Å²) in [4.78, 5) is 30.5. The highest BCUT2D eigenvalue weighted by molar-refractivity contribution is 6.51. The van der Waals surface area contributed by atoms with Crippen molar-refractivity contribution in [3.8, 4) is 11.5 Å². The molecule has 182 valence electrons. The van der Waals surface area contributed by atoms with Gasteiger partial charge in [-0.3, -0.25) is 14.5 Å². The minimum Gasteiger partial charge on any atom is -0.508 e. The van der Waals surface area contributed by atoms with Crippen LogP contribution in [0.2, 0.25) is 0 Å². The zero-order valence-electron chi connectivity index (χ0n) is 19.7. The first-order chi connectivity index (χ1) is 17.5. The molecule has 2 N–H and O–H groups in total. The summed E-state index contributed by atoms with van der Waals surface area (Å²) in [6.45, 7) is 2.57. The molecular formula is C29H26N2O5. The molecule has 0 saturated carbocycles. The Balaban J connectivity index is 1.47. The van der Waals surface area contributed by atoms with Gasteiger partial charge in [0.05, 0.1) is 18.2 Å². The van der Waals surface area contributed by atoms with Gasteiger partial charge in [-0.1, -0.05) is 12.1 Å². The summed E-state index contributed by atoms with van der Waals surface area (Å²) in [6.07, 6.45) is 3.02. The number of benzene rings is 3. The summed E-state index contributed by atoms with van der Waals surface area (Å²) in [5, 5.41) is 21.5. The van der Waals surface area contributed by atoms with Gasteiger partial charge in [-0.25, -0.2) is 0 Å². The monoisotopic (exact) mass is 482 g/mol. The molecule has 3 heterocycles. The minimum absolute atomic E-state index is 0.00640. The molecule has 7 heteroatoms. The van der Waals surface area contributed by atoms with Crippen LogP contribution in [0.1, 0.15) is 35.6 Å². The number of ether oxygens (including phenoxy) is 1. The fraction of sp³-hybridized carbons (Fsp3) is 0.241. The summed E-state index contributed by atoms with van der Waals surface area (Å²) >= 11 is 0. The predicted octanol–water partition coefficient (Wildman–Crippen LogP) is 4.55. The van der Waals surface area contributed by atoms with Gasteiger partial charge in [0.2, 0.25) is 0 Å². The van der Waals surface area contributed by atoms with Gasteiger partial charge in [0.25, 0.3) is 11.7 Å². The second-order valence-corrected chi connectivity index (χ2v) is 9.40. The number of hydrogen-bond acceptors (Lipinski definition) is 6. The Bertz CT molecular complexity index is 1390. The van der Waals surface area contributed by atoms with Crippen LogP contribution < -0.4 is 14.5 Å². The highest BCUT2D eigenvalue weighted by atomic mass is 16.5. The van der Waals surface area contributed by atoms with Gasteiger partial charge in [-0.2, -0.15) is 0 Å². The van der Waals surface area contributed by atoms with Gasteiger partial charge in [0, 0.05) is 36.4 Å². The highest BCUT2D eigenvalue weighted by Crippen LogP contribution is 2.43. The third-order valence-corrected chi connectivity index (χ3v) is 7.19. The molecule has 0 bridgehead atoms. The van der Waals surface area contributed by atoms with E-state index < -0.39 is 17.7 Å². The van der Waals surface area contributed by atoms with E-state index in [1.165, 1.54) is 17.0 Å². The molecule has 6 rings (SSSR count). The average Bonchev–Trinajstić information content (AvgIpc) is 3.64. The number of nitrogens with zero attached hydrogens (tertiary/aromatic N) is 2. The largest absolute Gasteiger partial charge is 0.508 e. The van der Waals surface area contributed by atoms with Crippen LogP contribution in [0.3, 0.4) is 0 Å². The number of amides is 1. The molecule has 0 spiro atoms. The molecule has 3 aromatic rings. The highest BCUT2D eigenvalue weighted by Gasteiger charge is 2.47. The van der Waals surface area contributed by atoms with E-state index in [4.69, 9.17) is 4.74 Å². The van der Waals surface area contributed by atoms with Crippen LogP contribution in [0.4, 0.5) is 11.4 Å². The summed E-state index contributed by atoms with van der Waals surface area (Å²) in [6, 6.07) is 18.4. The maximum absolute atomic E-state index is 13.4. The maximum Gasteiger partial charge on any atom is 0.300 e. The molecule has 0 radical (unpaired) electrons. The second kappa shape index (κ2) is 8.75. The standard InChI is InChI=1S/C29H26N2O5/c32-23-5-3-4-19(17-23)26-25(27(33)20-6-11-24-18(16-20)12-15-36-24)28(34)29(35)31(26)22-9-7-21(8-10-22)30-13-1-2-14-30/h3-11,16-17,26,32-33H,1-2,12-15H2/b27-25-. The van der Waals surface area contributed by atoms with Crippen LogP contribution in [-0.4, -0.2) is 41.6 Å². The summed E-state index contributed by atoms with van der Waals surface area (Å²) < 4.78 is 5.56. The number of aromatic hydroxyl groups is 1. The minimum atomic E-state index is -0.890. The Kier molecular flexibility index (Phi) is 5.40. The van der Waals surface area contributed by atoms with Gasteiger partial charge in [-0.05, 0) is 78.6 Å². The maximum atomic E-state index is 13.4. The molecule has 1 amide bonds. The zero-order chi connectivity index (χ0) is 24.8. The Hall–Kier alpha value is -4.26. The number of hydrogen-bond donors (Lipinski definition) is 2. The lowest BCUT2D eigenvalue weighted by molar-refractivity contribution is -0.132. The third kappa shape index (κ3) is 3.68. The van der Waals surface area contributed by atoms with E-state index in [0.29, 0.717) is 29.8 Å². The molecule has 2 saturated heterocycles. The van der Waals surface area contributed by atoms with Crippen molar-refractivity contribution in [2.45, 2.75) is 25.3 Å². The fourth-order valence-corrected chi connectivity index (χ4v) is 5.40. The lowest BCUT2D eigenvalue weighted by Crippen LogP contribution is -2.29. The van der Waals surface area contributed by atoms with Crippen molar-refractivity contribution in [1.82, 2.24) is 0 Å². The topological polar surface area (TPSA) is 90.3 Å². The number of aliphatic hydroxyl groups excluding tert-OH is 1. The Morgan fingerprint density at radius 1 is 0.917 bits per heavy atom. The third-order valence-electron chi connectivity index (χ3n) is 7.19. The van der Waals surface area contributed by atoms with Gasteiger partial charge in [0.15, 0.2) is 0 Å². The van der Waals surface area contributed by atoms with E-state index >= 15 is 0 Å². The molecule has 0 aliphatic carbocycles. The molecule has 3 aromatic carbocycles. The smallest absolute Gasteiger partial charge is 0.300 e. The molecule has 7 nitrogen and oxygen atoms in total. The van der Waals surface area contributed by atoms with Crippen molar-refractivity contribution in [3.05, 3.63) is 89.0 Å². The second-order valence-electron chi connectivity index (χ2n) is 9.40. The lowest BCUT2D eigenvalue weighted by atomic mass is 9.94. The Morgan fingerprint density at radius 2 is 1.67 bits per heavy atom. The molecular weight excluding hydrogens is 456 g/mol. The number of aliphatic hydroxyl groups is 1. The Labute approximate surface area is 208 Å². The van der Waals surface area contributed by atoms with E-state index in [2.05, 4.69) is 4.90 Å². The van der Waals surface area contributed by atoms with Gasteiger partial charge >= 0.3 is 0 Å². The molecule has 1 atom stereocenters. The number of Topliss-reactive ketones (excluding diaryl/α,β-unsaturated/α-hetero) is 1. The lowest BCUT2D eigenvalue weighted by Gasteiger charge is -2.26. The number of phenols is 1. The van der Waals surface area contributed by atoms with Crippen LogP contribution in [0.25, 0.3) is 5.76 Å². The number of phenolic OH excluding ortho intramolecular Hbond substituents is 1. The summed E-state index contributed by atoms with van der Waals surface area (Å²) in [7, 11) is 0. The summed E-state index contributed by atoms with van der Waals surface area (Å²) in [5.74, 6) is -0.955. The number of fused-ring (bicyclic) bond motifs is 1. The van der Waals surface area contributed by atoms with Crippen molar-refractivity contribution in [2.24, 2.45) is 0 Å². The van der Waals surface area contributed by atoms with E-state index in [0.717, 1.165) is 42.9 Å². The molecule has 36 heavy (non-hydrogen) atoms. The van der Waals surface area contributed by atoms with Gasteiger partial charge in [-0.15, -0.1) is 0 Å². The van der Waals surface area contributed by atoms with Crippen molar-refractivity contribution >= 4 is 28.8 Å². The number of rotatable bonds is 4. The normalized spacial score (nSPS) is 20.6. The molecule has 2 fully saturated rings. The molecule has 0 aromatic heterocycles. The van der Waals surface area contributed by atoms with E-state index in [1.54, 1.807) is 30.3 Å². The first kappa shape index (κ1) is 22.2.